The number of anilines is 1. The van der Waals surface area contributed by atoms with Crippen LogP contribution in [0.2, 0.25) is 0 Å². The number of hydrogen-bond donors (Lipinski definition) is 2. The molecule has 1 aromatic heterocycles. The van der Waals surface area contributed by atoms with Gasteiger partial charge in [0.15, 0.2) is 5.69 Å². The summed E-state index contributed by atoms with van der Waals surface area (Å²) >= 11 is 0. The summed E-state index contributed by atoms with van der Waals surface area (Å²) in [7, 11) is 1.75. The summed E-state index contributed by atoms with van der Waals surface area (Å²) in [6.45, 7) is -0.112. The summed E-state index contributed by atoms with van der Waals surface area (Å²) < 4.78 is 1.56. The lowest BCUT2D eigenvalue weighted by Gasteiger charge is -2.07. The van der Waals surface area contributed by atoms with Crippen LogP contribution < -0.4 is 5.32 Å². The van der Waals surface area contributed by atoms with Gasteiger partial charge in [-0.15, -0.1) is 0 Å². The molecule has 0 spiro atoms. The number of aliphatic hydroxyl groups is 1. The molecular formula is C12H13N3O2. The first kappa shape index (κ1) is 11.3. The van der Waals surface area contributed by atoms with Crippen LogP contribution in [0.15, 0.2) is 36.5 Å². The number of benzene rings is 1. The molecular weight excluding hydrogens is 218 g/mol. The molecule has 5 nitrogen and oxygen atoms in total. The Hall–Kier alpha value is -2.14. The molecule has 0 saturated carbocycles. The molecule has 0 atom stereocenters. The lowest BCUT2D eigenvalue weighted by Crippen LogP contribution is -2.14. The summed E-state index contributed by atoms with van der Waals surface area (Å²) in [4.78, 5) is 11.8. The van der Waals surface area contributed by atoms with Gasteiger partial charge in [0.1, 0.15) is 0 Å². The van der Waals surface area contributed by atoms with Crippen molar-refractivity contribution >= 4 is 11.6 Å². The van der Waals surface area contributed by atoms with E-state index < -0.39 is 0 Å². The van der Waals surface area contributed by atoms with Crippen LogP contribution in [0.4, 0.5) is 5.69 Å². The van der Waals surface area contributed by atoms with Crippen LogP contribution in [0.25, 0.3) is 0 Å². The fraction of sp³-hybridized carbons (Fsp3) is 0.167. The number of hydrogen-bond acceptors (Lipinski definition) is 3. The Morgan fingerprint density at radius 1 is 1.41 bits per heavy atom. The van der Waals surface area contributed by atoms with Crippen molar-refractivity contribution < 1.29 is 9.90 Å². The number of carbonyl (C=O) groups excluding carboxylic acids is 1. The highest BCUT2D eigenvalue weighted by Crippen LogP contribution is 2.15. The molecule has 0 saturated heterocycles. The van der Waals surface area contributed by atoms with E-state index in [9.17, 15) is 4.79 Å². The minimum absolute atomic E-state index is 0.112. The van der Waals surface area contributed by atoms with Crippen molar-refractivity contribution in [3.05, 3.63) is 47.8 Å². The van der Waals surface area contributed by atoms with Crippen LogP contribution >= 0.6 is 0 Å². The maximum atomic E-state index is 11.8. The topological polar surface area (TPSA) is 67.2 Å². The highest BCUT2D eigenvalue weighted by molar-refractivity contribution is 6.03. The Morgan fingerprint density at radius 2 is 2.18 bits per heavy atom. The predicted molar refractivity (Wildman–Crippen MR) is 63.5 cm³/mol. The Labute approximate surface area is 98.7 Å². The normalized spacial score (nSPS) is 10.2. The average molecular weight is 231 g/mol. The molecule has 0 aliphatic rings. The molecule has 2 rings (SSSR count). The van der Waals surface area contributed by atoms with Crippen molar-refractivity contribution in [1.82, 2.24) is 9.78 Å². The van der Waals surface area contributed by atoms with E-state index in [1.165, 1.54) is 0 Å². The van der Waals surface area contributed by atoms with E-state index in [1.807, 2.05) is 6.07 Å². The first-order chi connectivity index (χ1) is 8.20. The third kappa shape index (κ3) is 2.51. The van der Waals surface area contributed by atoms with Crippen molar-refractivity contribution in [3.8, 4) is 0 Å². The highest BCUT2D eigenvalue weighted by atomic mass is 16.3. The van der Waals surface area contributed by atoms with Gasteiger partial charge in [-0.1, -0.05) is 18.2 Å². The SMILES string of the molecule is Cn1ccc(C(=O)Nc2ccccc2CO)n1. The van der Waals surface area contributed by atoms with Crippen LogP contribution in [0.5, 0.6) is 0 Å². The van der Waals surface area contributed by atoms with Gasteiger partial charge in [0.05, 0.1) is 6.61 Å². The first-order valence-corrected chi connectivity index (χ1v) is 5.20. The number of aromatic nitrogens is 2. The lowest BCUT2D eigenvalue weighted by atomic mass is 10.2. The van der Waals surface area contributed by atoms with Crippen LogP contribution in [0, 0.1) is 0 Å². The maximum Gasteiger partial charge on any atom is 0.276 e. The summed E-state index contributed by atoms with van der Waals surface area (Å²) in [6, 6.07) is 8.74. The molecule has 17 heavy (non-hydrogen) atoms. The molecule has 2 N–H and O–H groups in total. The predicted octanol–water partition coefficient (Wildman–Crippen LogP) is 1.16. The number of aliphatic hydroxyl groups excluding tert-OH is 1. The second-order valence-corrected chi connectivity index (χ2v) is 3.64. The number of rotatable bonds is 3. The second-order valence-electron chi connectivity index (χ2n) is 3.64. The molecule has 0 bridgehead atoms. The highest BCUT2D eigenvalue weighted by Gasteiger charge is 2.10. The van der Waals surface area contributed by atoms with Gasteiger partial charge in [0.25, 0.3) is 5.91 Å². The van der Waals surface area contributed by atoms with E-state index in [0.717, 1.165) is 0 Å². The molecule has 1 aromatic carbocycles. The minimum Gasteiger partial charge on any atom is -0.392 e. The summed E-state index contributed by atoms with van der Waals surface area (Å²) in [5, 5.41) is 15.9. The molecule has 1 heterocycles. The van der Waals surface area contributed by atoms with E-state index in [2.05, 4.69) is 10.4 Å². The van der Waals surface area contributed by atoms with Crippen LogP contribution in [0.1, 0.15) is 16.1 Å². The van der Waals surface area contributed by atoms with E-state index in [4.69, 9.17) is 5.11 Å². The lowest BCUT2D eigenvalue weighted by molar-refractivity contribution is 0.102. The Kier molecular flexibility index (Phi) is 3.20. The molecule has 0 radical (unpaired) electrons. The van der Waals surface area contributed by atoms with Gasteiger partial charge < -0.3 is 10.4 Å². The summed E-state index contributed by atoms with van der Waals surface area (Å²) in [6.07, 6.45) is 1.70. The average Bonchev–Trinajstić information content (AvgIpc) is 2.77. The van der Waals surface area contributed by atoms with Gasteiger partial charge in [0.2, 0.25) is 0 Å². The van der Waals surface area contributed by atoms with Gasteiger partial charge >= 0.3 is 0 Å². The van der Waals surface area contributed by atoms with Gasteiger partial charge in [-0.3, -0.25) is 9.48 Å². The van der Waals surface area contributed by atoms with Crippen molar-refractivity contribution in [2.45, 2.75) is 6.61 Å². The van der Waals surface area contributed by atoms with Gasteiger partial charge in [-0.25, -0.2) is 0 Å². The largest absolute Gasteiger partial charge is 0.392 e. The number of amides is 1. The molecule has 0 aliphatic heterocycles. The number of aryl methyl sites for hydroxylation is 1. The van der Waals surface area contributed by atoms with Crippen LogP contribution in [-0.2, 0) is 13.7 Å². The van der Waals surface area contributed by atoms with Gasteiger partial charge in [-0.2, -0.15) is 5.10 Å². The standard InChI is InChI=1S/C12H13N3O2/c1-15-7-6-11(14-15)12(17)13-10-5-3-2-4-9(10)8-16/h2-7,16H,8H2,1H3,(H,13,17). The Bertz CT molecular complexity index is 534. The zero-order chi connectivity index (χ0) is 12.3. The molecule has 1 amide bonds. The van der Waals surface area contributed by atoms with Gasteiger partial charge in [-0.05, 0) is 12.1 Å². The molecule has 0 aliphatic carbocycles. The smallest absolute Gasteiger partial charge is 0.276 e. The summed E-state index contributed by atoms with van der Waals surface area (Å²) in [5.41, 5.74) is 1.63. The molecule has 2 aromatic rings. The number of nitrogens with one attached hydrogen (secondary N) is 1. The first-order valence-electron chi connectivity index (χ1n) is 5.20. The maximum absolute atomic E-state index is 11.8. The number of nitrogens with zero attached hydrogens (tertiary/aromatic N) is 2. The Balaban J connectivity index is 2.18. The third-order valence-electron chi connectivity index (χ3n) is 2.38. The molecule has 88 valence electrons. The van der Waals surface area contributed by atoms with E-state index in [0.29, 0.717) is 16.9 Å². The van der Waals surface area contributed by atoms with Gasteiger partial charge in [0, 0.05) is 24.5 Å². The second kappa shape index (κ2) is 4.80. The quantitative estimate of drug-likeness (QED) is 0.833. The van der Waals surface area contributed by atoms with Crippen LogP contribution in [0.3, 0.4) is 0 Å². The molecule has 0 fully saturated rings. The summed E-state index contributed by atoms with van der Waals surface area (Å²) in [5.74, 6) is -0.286. The Morgan fingerprint density at radius 3 is 2.82 bits per heavy atom. The number of para-hydroxylation sites is 1. The zero-order valence-corrected chi connectivity index (χ0v) is 9.42. The monoisotopic (exact) mass is 231 g/mol. The minimum atomic E-state index is -0.286. The van der Waals surface area contributed by atoms with Crippen molar-refractivity contribution in [2.75, 3.05) is 5.32 Å². The van der Waals surface area contributed by atoms with Crippen LogP contribution in [-0.4, -0.2) is 20.8 Å². The fourth-order valence-corrected chi connectivity index (χ4v) is 1.50. The van der Waals surface area contributed by atoms with Crippen molar-refractivity contribution in [2.24, 2.45) is 7.05 Å². The molecule has 0 unspecified atom stereocenters. The number of carbonyl (C=O) groups is 1. The van der Waals surface area contributed by atoms with E-state index in [-0.39, 0.29) is 12.5 Å². The van der Waals surface area contributed by atoms with Crippen molar-refractivity contribution in [3.63, 3.8) is 0 Å². The third-order valence-corrected chi connectivity index (χ3v) is 2.38. The zero-order valence-electron chi connectivity index (χ0n) is 9.42. The van der Waals surface area contributed by atoms with E-state index >= 15 is 0 Å². The van der Waals surface area contributed by atoms with E-state index in [1.54, 1.807) is 42.2 Å². The van der Waals surface area contributed by atoms with Crippen molar-refractivity contribution in [1.29, 1.82) is 0 Å². The fourth-order valence-electron chi connectivity index (χ4n) is 1.50. The molecule has 5 heteroatoms.